The Labute approximate surface area is 151 Å². The van der Waals surface area contributed by atoms with Crippen LogP contribution in [0.4, 0.5) is 0 Å². The molecule has 0 fully saturated rings. The summed E-state index contributed by atoms with van der Waals surface area (Å²) in [6, 6.07) is 3.38. The Morgan fingerprint density at radius 3 is 1.67 bits per heavy atom. The van der Waals surface area contributed by atoms with Crippen molar-refractivity contribution < 1.29 is 19.0 Å². The molecule has 0 aliphatic rings. The van der Waals surface area contributed by atoms with E-state index >= 15 is 0 Å². The summed E-state index contributed by atoms with van der Waals surface area (Å²) in [5, 5.41) is 0. The number of ketones is 1. The van der Waals surface area contributed by atoms with E-state index < -0.39 is 0 Å². The number of rotatable bonds is 9. The summed E-state index contributed by atoms with van der Waals surface area (Å²) in [7, 11) is 12.5. The molecule has 7 heteroatoms. The van der Waals surface area contributed by atoms with Gasteiger partial charge in [0.25, 0.3) is 0 Å². The minimum atomic E-state index is -0.160. The SMILES string of the molecule is COc1cc(OC)c(C(=O)C(CN(C)C)CN(C)C)cc1OC.Cl. The van der Waals surface area contributed by atoms with Gasteiger partial charge in [-0.15, -0.1) is 12.4 Å². The van der Waals surface area contributed by atoms with E-state index in [0.29, 0.717) is 35.9 Å². The number of methoxy groups -OCH3 is 3. The maximum absolute atomic E-state index is 13.0. The quantitative estimate of drug-likeness (QED) is 0.628. The highest BCUT2D eigenvalue weighted by atomic mass is 35.5. The second-order valence-electron chi connectivity index (χ2n) is 5.99. The minimum Gasteiger partial charge on any atom is -0.496 e. The van der Waals surface area contributed by atoms with Crippen LogP contribution in [-0.2, 0) is 0 Å². The molecule has 24 heavy (non-hydrogen) atoms. The van der Waals surface area contributed by atoms with Gasteiger partial charge in [-0.1, -0.05) is 0 Å². The van der Waals surface area contributed by atoms with Crippen molar-refractivity contribution in [2.45, 2.75) is 0 Å². The molecule has 1 aromatic carbocycles. The first-order chi connectivity index (χ1) is 10.8. The van der Waals surface area contributed by atoms with Crippen molar-refractivity contribution in [3.8, 4) is 17.2 Å². The third kappa shape index (κ3) is 5.85. The van der Waals surface area contributed by atoms with Crippen molar-refractivity contribution in [1.29, 1.82) is 0 Å². The van der Waals surface area contributed by atoms with E-state index in [-0.39, 0.29) is 24.1 Å². The van der Waals surface area contributed by atoms with Crippen molar-refractivity contribution in [1.82, 2.24) is 9.80 Å². The van der Waals surface area contributed by atoms with E-state index in [1.165, 1.54) is 0 Å². The predicted octanol–water partition coefficient (Wildman–Crippen LogP) is 2.06. The summed E-state index contributed by atoms with van der Waals surface area (Å²) in [6.45, 7) is 1.32. The molecular weight excluding hydrogens is 332 g/mol. The fraction of sp³-hybridized carbons (Fsp3) is 0.588. The minimum absolute atomic E-state index is 0. The Morgan fingerprint density at radius 1 is 0.875 bits per heavy atom. The third-order valence-corrected chi connectivity index (χ3v) is 3.51. The van der Waals surface area contributed by atoms with Gasteiger partial charge in [-0.05, 0) is 34.3 Å². The maximum atomic E-state index is 13.0. The van der Waals surface area contributed by atoms with Gasteiger partial charge >= 0.3 is 0 Å². The number of ether oxygens (including phenoxy) is 3. The van der Waals surface area contributed by atoms with Crippen LogP contribution in [0.3, 0.4) is 0 Å². The lowest BCUT2D eigenvalue weighted by Gasteiger charge is -2.24. The molecule has 0 aliphatic carbocycles. The lowest BCUT2D eigenvalue weighted by atomic mass is 9.95. The molecule has 0 aromatic heterocycles. The Morgan fingerprint density at radius 2 is 1.29 bits per heavy atom. The smallest absolute Gasteiger partial charge is 0.172 e. The number of Topliss-reactive ketones (excluding diaryl/α,β-unsaturated/α-hetero) is 1. The molecule has 1 aromatic rings. The summed E-state index contributed by atoms with van der Waals surface area (Å²) >= 11 is 0. The summed E-state index contributed by atoms with van der Waals surface area (Å²) in [4.78, 5) is 17.1. The Bertz CT molecular complexity index is 526. The first-order valence-electron chi connectivity index (χ1n) is 7.47. The van der Waals surface area contributed by atoms with Gasteiger partial charge < -0.3 is 24.0 Å². The second-order valence-corrected chi connectivity index (χ2v) is 5.99. The first-order valence-corrected chi connectivity index (χ1v) is 7.47. The van der Waals surface area contributed by atoms with Crippen LogP contribution >= 0.6 is 12.4 Å². The van der Waals surface area contributed by atoms with Crippen LogP contribution in [0.15, 0.2) is 12.1 Å². The van der Waals surface area contributed by atoms with Crippen LogP contribution in [0, 0.1) is 5.92 Å². The summed E-state index contributed by atoms with van der Waals surface area (Å²) in [6.07, 6.45) is 0. The fourth-order valence-electron chi connectivity index (χ4n) is 2.55. The Hall–Kier alpha value is -1.50. The number of carbonyl (C=O) groups excluding carboxylic acids is 1. The molecule has 0 aliphatic heterocycles. The lowest BCUT2D eigenvalue weighted by Crippen LogP contribution is -2.35. The van der Waals surface area contributed by atoms with Crippen LogP contribution < -0.4 is 14.2 Å². The summed E-state index contributed by atoms with van der Waals surface area (Å²) in [5.74, 6) is 1.43. The van der Waals surface area contributed by atoms with Gasteiger partial charge in [0.1, 0.15) is 5.75 Å². The number of hydrogen-bond donors (Lipinski definition) is 0. The van der Waals surface area contributed by atoms with E-state index in [9.17, 15) is 4.79 Å². The maximum Gasteiger partial charge on any atom is 0.172 e. The normalized spacial score (nSPS) is 10.8. The number of benzene rings is 1. The number of carbonyl (C=O) groups is 1. The summed E-state index contributed by atoms with van der Waals surface area (Å²) < 4.78 is 16.0. The molecule has 0 N–H and O–H groups in total. The molecule has 0 atom stereocenters. The monoisotopic (exact) mass is 360 g/mol. The van der Waals surface area contributed by atoms with Crippen molar-refractivity contribution >= 4 is 18.2 Å². The van der Waals surface area contributed by atoms with Gasteiger partial charge in [-0.2, -0.15) is 0 Å². The molecule has 0 spiro atoms. The predicted molar refractivity (Wildman–Crippen MR) is 98.3 cm³/mol. The van der Waals surface area contributed by atoms with Crippen LogP contribution in [0.2, 0.25) is 0 Å². The zero-order valence-electron chi connectivity index (χ0n) is 15.6. The van der Waals surface area contributed by atoms with Crippen LogP contribution in [0.5, 0.6) is 17.2 Å². The Kier molecular flexibility index (Phi) is 9.73. The molecule has 0 saturated carbocycles. The van der Waals surface area contributed by atoms with Gasteiger partial charge in [0.05, 0.1) is 26.9 Å². The summed E-state index contributed by atoms with van der Waals surface area (Å²) in [5.41, 5.74) is 0.513. The number of nitrogens with zero attached hydrogens (tertiary/aromatic N) is 2. The topological polar surface area (TPSA) is 51.2 Å². The standard InChI is InChI=1S/C17H28N2O4.ClH/c1-18(2)10-12(11-19(3)4)17(20)13-8-15(22-6)16(23-7)9-14(13)21-5;/h8-9,12H,10-11H2,1-7H3;1H. The van der Waals surface area contributed by atoms with Crippen LogP contribution in [0.1, 0.15) is 10.4 Å². The van der Waals surface area contributed by atoms with Gasteiger partial charge in [-0.3, -0.25) is 4.79 Å². The van der Waals surface area contributed by atoms with Crippen molar-refractivity contribution in [2.75, 3.05) is 62.6 Å². The van der Waals surface area contributed by atoms with Crippen LogP contribution in [-0.4, -0.2) is 78.2 Å². The first kappa shape index (κ1) is 22.5. The zero-order chi connectivity index (χ0) is 17.6. The zero-order valence-corrected chi connectivity index (χ0v) is 16.4. The molecule has 138 valence electrons. The highest BCUT2D eigenvalue weighted by molar-refractivity contribution is 6.01. The van der Waals surface area contributed by atoms with Crippen molar-refractivity contribution in [2.24, 2.45) is 5.92 Å². The van der Waals surface area contributed by atoms with E-state index in [0.717, 1.165) is 0 Å². The average molecular weight is 361 g/mol. The fourth-order valence-corrected chi connectivity index (χ4v) is 2.55. The molecular formula is C17H29ClN2O4. The molecule has 6 nitrogen and oxygen atoms in total. The molecule has 1 rings (SSSR count). The molecule has 0 unspecified atom stereocenters. The molecule has 0 heterocycles. The average Bonchev–Trinajstić information content (AvgIpc) is 2.51. The Balaban J connectivity index is 0.00000529. The molecule has 0 radical (unpaired) electrons. The molecule has 0 amide bonds. The molecule has 0 saturated heterocycles. The van der Waals surface area contributed by atoms with Gasteiger partial charge in [-0.25, -0.2) is 0 Å². The van der Waals surface area contributed by atoms with E-state index in [4.69, 9.17) is 14.2 Å². The molecule has 0 bridgehead atoms. The highest BCUT2D eigenvalue weighted by Gasteiger charge is 2.26. The second kappa shape index (κ2) is 10.4. The van der Waals surface area contributed by atoms with E-state index in [1.807, 2.05) is 38.0 Å². The van der Waals surface area contributed by atoms with Crippen molar-refractivity contribution in [3.63, 3.8) is 0 Å². The number of halogens is 1. The van der Waals surface area contributed by atoms with E-state index in [2.05, 4.69) is 0 Å². The van der Waals surface area contributed by atoms with Gasteiger partial charge in [0.15, 0.2) is 17.3 Å². The van der Waals surface area contributed by atoms with Crippen molar-refractivity contribution in [3.05, 3.63) is 17.7 Å². The van der Waals surface area contributed by atoms with Gasteiger partial charge in [0, 0.05) is 25.1 Å². The lowest BCUT2D eigenvalue weighted by molar-refractivity contribution is 0.0867. The van der Waals surface area contributed by atoms with E-state index in [1.54, 1.807) is 33.5 Å². The largest absolute Gasteiger partial charge is 0.496 e. The third-order valence-electron chi connectivity index (χ3n) is 3.51. The van der Waals surface area contributed by atoms with Gasteiger partial charge in [0.2, 0.25) is 0 Å². The highest BCUT2D eigenvalue weighted by Crippen LogP contribution is 2.35. The van der Waals surface area contributed by atoms with Crippen LogP contribution in [0.25, 0.3) is 0 Å². The number of hydrogen-bond acceptors (Lipinski definition) is 6.